The number of carbonyl (C=O) groups is 1. The van der Waals surface area contributed by atoms with Gasteiger partial charge < -0.3 is 9.84 Å². The first-order chi connectivity index (χ1) is 9.62. The molecule has 1 aliphatic heterocycles. The van der Waals surface area contributed by atoms with Crippen LogP contribution in [0.3, 0.4) is 0 Å². The highest BCUT2D eigenvalue weighted by atomic mass is 79.9. The summed E-state index contributed by atoms with van der Waals surface area (Å²) in [6.07, 6.45) is 2.08. The van der Waals surface area contributed by atoms with Crippen LogP contribution in [0.1, 0.15) is 17.5 Å². The van der Waals surface area contributed by atoms with E-state index in [1.165, 1.54) is 5.56 Å². The third-order valence-electron chi connectivity index (χ3n) is 4.47. The van der Waals surface area contributed by atoms with Gasteiger partial charge in [0.25, 0.3) is 0 Å². The molecule has 1 saturated heterocycles. The predicted octanol–water partition coefficient (Wildman–Crippen LogP) is 2.09. The van der Waals surface area contributed by atoms with Gasteiger partial charge in [-0.25, -0.2) is 0 Å². The summed E-state index contributed by atoms with van der Waals surface area (Å²) in [5, 5.41) is 9.83. The third kappa shape index (κ3) is 2.38. The largest absolute Gasteiger partial charge is 0.480 e. The number of morpholine rings is 1. The average Bonchev–Trinajstić information content (AvgIpc) is 2.47. The molecule has 3 rings (SSSR count). The molecule has 0 bridgehead atoms. The molecule has 0 saturated carbocycles. The number of benzene rings is 1. The van der Waals surface area contributed by atoms with E-state index in [1.54, 1.807) is 0 Å². The van der Waals surface area contributed by atoms with E-state index in [4.69, 9.17) is 4.74 Å². The van der Waals surface area contributed by atoms with Crippen molar-refractivity contribution in [2.24, 2.45) is 0 Å². The molecule has 1 fully saturated rings. The summed E-state index contributed by atoms with van der Waals surface area (Å²) >= 11 is 3.48. The number of hydrogen-bond donors (Lipinski definition) is 1. The minimum absolute atomic E-state index is 0.588. The zero-order chi connectivity index (χ0) is 14.2. The molecule has 1 aromatic rings. The molecule has 5 heteroatoms. The van der Waals surface area contributed by atoms with Crippen molar-refractivity contribution < 1.29 is 14.6 Å². The van der Waals surface area contributed by atoms with Crippen molar-refractivity contribution >= 4 is 21.9 Å². The lowest BCUT2D eigenvalue weighted by molar-refractivity contribution is -0.156. The summed E-state index contributed by atoms with van der Waals surface area (Å²) in [5.41, 5.74) is 1.67. The molecular formula is C15H18BrNO3. The second-order valence-electron chi connectivity index (χ2n) is 5.53. The monoisotopic (exact) mass is 339 g/mol. The molecule has 0 spiro atoms. The van der Waals surface area contributed by atoms with Crippen LogP contribution in [0.2, 0.25) is 0 Å². The Labute approximate surface area is 126 Å². The molecule has 0 radical (unpaired) electrons. The number of fused-ring (bicyclic) bond motifs is 1. The van der Waals surface area contributed by atoms with Crippen LogP contribution in [0.4, 0.5) is 0 Å². The van der Waals surface area contributed by atoms with Crippen LogP contribution in [0.5, 0.6) is 0 Å². The fourth-order valence-corrected chi connectivity index (χ4v) is 3.73. The summed E-state index contributed by atoms with van der Waals surface area (Å²) in [6, 6.07) is 6.16. The summed E-state index contributed by atoms with van der Waals surface area (Å²) in [4.78, 5) is 14.1. The molecule has 0 aromatic heterocycles. The highest BCUT2D eigenvalue weighted by Gasteiger charge is 2.46. The molecule has 1 atom stereocenters. The Kier molecular flexibility index (Phi) is 3.84. The Balaban J connectivity index is 1.93. The van der Waals surface area contributed by atoms with Crippen LogP contribution >= 0.6 is 15.9 Å². The molecule has 1 N–H and O–H groups in total. The van der Waals surface area contributed by atoms with Crippen LogP contribution in [0.25, 0.3) is 0 Å². The Morgan fingerprint density at radius 1 is 1.30 bits per heavy atom. The van der Waals surface area contributed by atoms with Gasteiger partial charge in [0.05, 0.1) is 13.2 Å². The summed E-state index contributed by atoms with van der Waals surface area (Å²) in [5.74, 6) is -0.701. The van der Waals surface area contributed by atoms with Crippen LogP contribution in [-0.2, 0) is 22.4 Å². The molecule has 1 aliphatic carbocycles. The Morgan fingerprint density at radius 3 is 2.75 bits per heavy atom. The lowest BCUT2D eigenvalue weighted by Gasteiger charge is -2.45. The number of halogens is 1. The van der Waals surface area contributed by atoms with Gasteiger partial charge in [0.15, 0.2) is 0 Å². The van der Waals surface area contributed by atoms with Crippen molar-refractivity contribution in [3.8, 4) is 0 Å². The number of carboxylic acid groups (broad SMARTS) is 1. The quantitative estimate of drug-likeness (QED) is 0.896. The van der Waals surface area contributed by atoms with Crippen molar-refractivity contribution in [1.29, 1.82) is 0 Å². The van der Waals surface area contributed by atoms with E-state index < -0.39 is 11.5 Å². The van der Waals surface area contributed by atoms with Gasteiger partial charge in [-0.2, -0.15) is 0 Å². The molecule has 1 aromatic carbocycles. The lowest BCUT2D eigenvalue weighted by Crippen LogP contribution is -2.60. The average molecular weight is 340 g/mol. The maximum absolute atomic E-state index is 12.0. The van der Waals surface area contributed by atoms with E-state index in [2.05, 4.69) is 33.0 Å². The van der Waals surface area contributed by atoms with Gasteiger partial charge in [-0.3, -0.25) is 9.69 Å². The smallest absolute Gasteiger partial charge is 0.324 e. The predicted molar refractivity (Wildman–Crippen MR) is 78.9 cm³/mol. The van der Waals surface area contributed by atoms with E-state index in [0.717, 1.165) is 16.5 Å². The molecule has 108 valence electrons. The van der Waals surface area contributed by atoms with Crippen LogP contribution in [0, 0.1) is 0 Å². The number of ether oxygens (including phenoxy) is 1. The van der Waals surface area contributed by atoms with Gasteiger partial charge in [0, 0.05) is 24.0 Å². The highest BCUT2D eigenvalue weighted by molar-refractivity contribution is 9.10. The van der Waals surface area contributed by atoms with Crippen LogP contribution in [-0.4, -0.2) is 47.8 Å². The van der Waals surface area contributed by atoms with Crippen LogP contribution in [0.15, 0.2) is 22.7 Å². The van der Waals surface area contributed by atoms with Crippen molar-refractivity contribution in [3.05, 3.63) is 33.8 Å². The topological polar surface area (TPSA) is 49.8 Å². The van der Waals surface area contributed by atoms with Crippen molar-refractivity contribution in [2.75, 3.05) is 26.3 Å². The fraction of sp³-hybridized carbons (Fsp3) is 0.533. The van der Waals surface area contributed by atoms with E-state index in [-0.39, 0.29) is 0 Å². The lowest BCUT2D eigenvalue weighted by atomic mass is 9.76. The fourth-order valence-electron chi connectivity index (χ4n) is 3.32. The van der Waals surface area contributed by atoms with Gasteiger partial charge >= 0.3 is 5.97 Å². The number of aliphatic carboxylic acids is 1. The Morgan fingerprint density at radius 2 is 2.05 bits per heavy atom. The Hall–Kier alpha value is -0.910. The highest BCUT2D eigenvalue weighted by Crippen LogP contribution is 2.35. The van der Waals surface area contributed by atoms with Gasteiger partial charge in [-0.15, -0.1) is 0 Å². The van der Waals surface area contributed by atoms with Crippen molar-refractivity contribution in [1.82, 2.24) is 4.90 Å². The molecule has 0 amide bonds. The summed E-state index contributed by atoms with van der Waals surface area (Å²) < 4.78 is 6.42. The SMILES string of the molecule is O=C(O)C1(N2CCOCC2)CCc2cc(Br)ccc2C1. The molecule has 20 heavy (non-hydrogen) atoms. The first-order valence-electron chi connectivity index (χ1n) is 6.95. The minimum Gasteiger partial charge on any atom is -0.480 e. The van der Waals surface area contributed by atoms with Gasteiger partial charge in [0.2, 0.25) is 0 Å². The van der Waals surface area contributed by atoms with Gasteiger partial charge in [-0.05, 0) is 36.1 Å². The normalized spacial score (nSPS) is 27.1. The van der Waals surface area contributed by atoms with Crippen molar-refractivity contribution in [2.45, 2.75) is 24.8 Å². The molecular weight excluding hydrogens is 322 g/mol. The van der Waals surface area contributed by atoms with Gasteiger partial charge in [0.1, 0.15) is 5.54 Å². The molecule has 1 unspecified atom stereocenters. The molecule has 2 aliphatic rings. The summed E-state index contributed by atoms with van der Waals surface area (Å²) in [7, 11) is 0. The first-order valence-corrected chi connectivity index (χ1v) is 7.75. The Bertz CT molecular complexity index is 528. The number of carboxylic acids is 1. The van der Waals surface area contributed by atoms with E-state index >= 15 is 0 Å². The van der Waals surface area contributed by atoms with E-state index in [0.29, 0.717) is 39.1 Å². The zero-order valence-corrected chi connectivity index (χ0v) is 12.9. The maximum Gasteiger partial charge on any atom is 0.324 e. The van der Waals surface area contributed by atoms with Crippen molar-refractivity contribution in [3.63, 3.8) is 0 Å². The first kappa shape index (κ1) is 14.0. The number of hydrogen-bond acceptors (Lipinski definition) is 3. The number of nitrogens with zero attached hydrogens (tertiary/aromatic N) is 1. The zero-order valence-electron chi connectivity index (χ0n) is 11.3. The number of rotatable bonds is 2. The van der Waals surface area contributed by atoms with Gasteiger partial charge in [-0.1, -0.05) is 22.0 Å². The standard InChI is InChI=1S/C15H18BrNO3/c16-13-2-1-12-10-15(14(18)19,4-3-11(12)9-13)17-5-7-20-8-6-17/h1-2,9H,3-8,10H2,(H,18,19). The molecule has 4 nitrogen and oxygen atoms in total. The summed E-state index contributed by atoms with van der Waals surface area (Å²) in [6.45, 7) is 2.67. The van der Waals surface area contributed by atoms with E-state index in [1.807, 2.05) is 6.07 Å². The third-order valence-corrected chi connectivity index (χ3v) is 4.97. The molecule has 1 heterocycles. The maximum atomic E-state index is 12.0. The second kappa shape index (κ2) is 5.47. The van der Waals surface area contributed by atoms with Crippen LogP contribution < -0.4 is 0 Å². The minimum atomic E-state index is -0.759. The second-order valence-corrected chi connectivity index (χ2v) is 6.44. The number of aryl methyl sites for hydroxylation is 1. The van der Waals surface area contributed by atoms with E-state index in [9.17, 15) is 9.90 Å².